The van der Waals surface area contributed by atoms with E-state index in [0.717, 1.165) is 12.8 Å². The normalized spacial score (nSPS) is 48.8. The molecule has 4 aliphatic rings. The lowest BCUT2D eigenvalue weighted by Gasteiger charge is -2.48. The summed E-state index contributed by atoms with van der Waals surface area (Å²) in [6, 6.07) is 1.13. The van der Waals surface area contributed by atoms with Gasteiger partial charge in [0, 0.05) is 38.5 Å². The second kappa shape index (κ2) is 6.44. The SMILES string of the molecule is O=C(O)[C@H]1O[C@@H](OC2C[C@H]3CC[C@@H](C2)[N+]32CCCC2)[C@H](O)[C@@H](O)[C@@H]1O. The van der Waals surface area contributed by atoms with E-state index >= 15 is 0 Å². The Kier molecular flexibility index (Phi) is 4.54. The van der Waals surface area contributed by atoms with Crippen molar-refractivity contribution in [1.82, 2.24) is 0 Å². The molecule has 25 heavy (non-hydrogen) atoms. The fourth-order valence-corrected chi connectivity index (χ4v) is 5.68. The summed E-state index contributed by atoms with van der Waals surface area (Å²) in [5.41, 5.74) is 0. The first kappa shape index (κ1) is 17.6. The highest BCUT2D eigenvalue weighted by Crippen LogP contribution is 2.46. The van der Waals surface area contributed by atoms with Gasteiger partial charge in [0.05, 0.1) is 31.3 Å². The smallest absolute Gasteiger partial charge is 0.335 e. The van der Waals surface area contributed by atoms with Crippen molar-refractivity contribution in [2.24, 2.45) is 0 Å². The van der Waals surface area contributed by atoms with Gasteiger partial charge >= 0.3 is 5.97 Å². The number of aliphatic hydroxyl groups excluding tert-OH is 3. The van der Waals surface area contributed by atoms with Crippen LogP contribution in [0.1, 0.15) is 38.5 Å². The summed E-state index contributed by atoms with van der Waals surface area (Å²) in [5.74, 6) is -1.38. The lowest BCUT2D eigenvalue weighted by Crippen LogP contribution is -2.63. The van der Waals surface area contributed by atoms with Crippen LogP contribution in [0.25, 0.3) is 0 Å². The Hall–Kier alpha value is -0.770. The van der Waals surface area contributed by atoms with Crippen LogP contribution in [0.15, 0.2) is 0 Å². The van der Waals surface area contributed by atoms with Gasteiger partial charge in [-0.15, -0.1) is 0 Å². The Morgan fingerprint density at radius 3 is 2.12 bits per heavy atom. The third-order valence-electron chi connectivity index (χ3n) is 6.90. The van der Waals surface area contributed by atoms with Crippen molar-refractivity contribution < 1.29 is 39.2 Å². The first-order valence-corrected chi connectivity index (χ1v) is 9.37. The Labute approximate surface area is 146 Å². The molecule has 4 saturated heterocycles. The molecule has 4 rings (SSSR count). The van der Waals surface area contributed by atoms with Crippen LogP contribution in [0.4, 0.5) is 0 Å². The molecule has 4 heterocycles. The average molecular weight is 358 g/mol. The van der Waals surface area contributed by atoms with Crippen molar-refractivity contribution >= 4 is 5.97 Å². The number of hydrogen-bond donors (Lipinski definition) is 4. The van der Waals surface area contributed by atoms with Gasteiger partial charge in [-0.05, 0) is 0 Å². The predicted octanol–water partition coefficient (Wildman–Crippen LogP) is -0.801. The number of carbonyl (C=O) groups is 1. The highest BCUT2D eigenvalue weighted by Gasteiger charge is 2.56. The third-order valence-corrected chi connectivity index (χ3v) is 6.90. The number of aliphatic carboxylic acids is 1. The van der Waals surface area contributed by atoms with Crippen LogP contribution in [-0.2, 0) is 14.3 Å². The maximum atomic E-state index is 11.2. The van der Waals surface area contributed by atoms with Gasteiger partial charge in [0.15, 0.2) is 12.4 Å². The van der Waals surface area contributed by atoms with Gasteiger partial charge in [0.25, 0.3) is 0 Å². The molecule has 0 saturated carbocycles. The third kappa shape index (κ3) is 2.79. The number of rotatable bonds is 3. The number of quaternary nitrogens is 1. The van der Waals surface area contributed by atoms with Gasteiger partial charge in [-0.25, -0.2) is 4.79 Å². The quantitative estimate of drug-likeness (QED) is 0.488. The molecular weight excluding hydrogens is 330 g/mol. The lowest BCUT2D eigenvalue weighted by atomic mass is 9.95. The maximum Gasteiger partial charge on any atom is 0.335 e. The van der Waals surface area contributed by atoms with E-state index in [4.69, 9.17) is 14.6 Å². The Balaban J connectivity index is 1.43. The summed E-state index contributed by atoms with van der Waals surface area (Å²) in [5, 5.41) is 39.0. The monoisotopic (exact) mass is 358 g/mol. The van der Waals surface area contributed by atoms with E-state index in [1.54, 1.807) is 0 Å². The minimum Gasteiger partial charge on any atom is -0.479 e. The van der Waals surface area contributed by atoms with E-state index in [0.29, 0.717) is 12.1 Å². The van der Waals surface area contributed by atoms with E-state index < -0.39 is 36.7 Å². The number of nitrogens with zero attached hydrogens (tertiary/aromatic N) is 1. The molecular formula is C17H28NO7+. The largest absolute Gasteiger partial charge is 0.479 e. The van der Waals surface area contributed by atoms with Crippen LogP contribution < -0.4 is 0 Å². The molecule has 4 fully saturated rings. The minimum atomic E-state index is -1.67. The van der Waals surface area contributed by atoms with E-state index in [1.165, 1.54) is 43.3 Å². The molecule has 0 amide bonds. The minimum absolute atomic E-state index is 0.113. The van der Waals surface area contributed by atoms with E-state index in [-0.39, 0.29) is 6.10 Å². The number of carboxylic acids is 1. The fraction of sp³-hybridized carbons (Fsp3) is 0.941. The van der Waals surface area contributed by atoms with E-state index in [1.807, 2.05) is 0 Å². The molecule has 1 spiro atoms. The van der Waals surface area contributed by atoms with E-state index in [9.17, 15) is 20.1 Å². The molecule has 1 unspecified atom stereocenters. The summed E-state index contributed by atoms with van der Waals surface area (Å²) in [6.07, 6.45) is -0.965. The van der Waals surface area contributed by atoms with Crippen LogP contribution in [-0.4, -0.2) is 92.9 Å². The number of ether oxygens (including phenoxy) is 2. The maximum absolute atomic E-state index is 11.2. The molecule has 0 aliphatic carbocycles. The zero-order valence-electron chi connectivity index (χ0n) is 14.2. The zero-order chi connectivity index (χ0) is 17.8. The number of piperidine rings is 1. The summed E-state index contributed by atoms with van der Waals surface area (Å²) in [6.45, 7) is 2.49. The van der Waals surface area contributed by atoms with Crippen molar-refractivity contribution in [3.8, 4) is 0 Å². The van der Waals surface area contributed by atoms with E-state index in [2.05, 4.69) is 0 Å². The van der Waals surface area contributed by atoms with Gasteiger partial charge in [-0.1, -0.05) is 0 Å². The first-order valence-electron chi connectivity index (χ1n) is 9.37. The number of hydrogen-bond acceptors (Lipinski definition) is 6. The summed E-state index contributed by atoms with van der Waals surface area (Å²) < 4.78 is 12.4. The highest BCUT2D eigenvalue weighted by atomic mass is 16.7. The molecule has 142 valence electrons. The molecule has 4 N–H and O–H groups in total. The summed E-state index contributed by atoms with van der Waals surface area (Å²) >= 11 is 0. The first-order chi connectivity index (χ1) is 11.9. The van der Waals surface area contributed by atoms with Crippen LogP contribution >= 0.6 is 0 Å². The molecule has 0 aromatic rings. The van der Waals surface area contributed by atoms with Crippen LogP contribution in [0.5, 0.6) is 0 Å². The van der Waals surface area contributed by atoms with Gasteiger partial charge in [0.1, 0.15) is 18.3 Å². The molecule has 0 aromatic heterocycles. The van der Waals surface area contributed by atoms with Crippen LogP contribution in [0, 0.1) is 0 Å². The molecule has 0 radical (unpaired) electrons. The molecule has 8 nitrogen and oxygen atoms in total. The second-order valence-electron chi connectivity index (χ2n) is 8.11. The van der Waals surface area contributed by atoms with Gasteiger partial charge in [-0.2, -0.15) is 0 Å². The van der Waals surface area contributed by atoms with Gasteiger partial charge in [-0.3, -0.25) is 0 Å². The summed E-state index contributed by atoms with van der Waals surface area (Å²) in [7, 11) is 0. The number of aliphatic hydroxyl groups is 3. The average Bonchev–Trinajstić information content (AvgIpc) is 3.11. The highest BCUT2D eigenvalue weighted by molar-refractivity contribution is 5.73. The molecule has 4 aliphatic heterocycles. The standard InChI is InChI=1S/C17H27NO7/c19-12-13(20)15(16(22)23)25-17(14(12)21)24-11-7-9-3-4-10(8-11)18(9)5-1-2-6-18/h9-15,17,19-21H,1-8H2/p+1/t9-,10+,11?,12-,13-,14+,15-,17+/m0/s1. The second-order valence-corrected chi connectivity index (χ2v) is 8.11. The summed E-state index contributed by atoms with van der Waals surface area (Å²) in [4.78, 5) is 11.2. The van der Waals surface area contributed by atoms with Crippen molar-refractivity contribution in [1.29, 1.82) is 0 Å². The van der Waals surface area contributed by atoms with Crippen molar-refractivity contribution in [2.75, 3.05) is 13.1 Å². The Morgan fingerprint density at radius 2 is 1.56 bits per heavy atom. The lowest BCUT2D eigenvalue weighted by molar-refractivity contribution is -0.956. The molecule has 0 aromatic carbocycles. The molecule has 2 bridgehead atoms. The van der Waals surface area contributed by atoms with Gasteiger partial charge in [0.2, 0.25) is 0 Å². The molecule has 8 heteroatoms. The van der Waals surface area contributed by atoms with Crippen LogP contribution in [0.2, 0.25) is 0 Å². The van der Waals surface area contributed by atoms with Crippen LogP contribution in [0.3, 0.4) is 0 Å². The van der Waals surface area contributed by atoms with Crippen molar-refractivity contribution in [3.05, 3.63) is 0 Å². The Morgan fingerprint density at radius 1 is 0.960 bits per heavy atom. The van der Waals surface area contributed by atoms with Crippen molar-refractivity contribution in [3.63, 3.8) is 0 Å². The zero-order valence-corrected chi connectivity index (χ0v) is 14.2. The topological polar surface area (TPSA) is 116 Å². The number of carboxylic acid groups (broad SMARTS) is 1. The van der Waals surface area contributed by atoms with Gasteiger partial charge < -0.3 is 34.4 Å². The Bertz CT molecular complexity index is 507. The predicted molar refractivity (Wildman–Crippen MR) is 84.5 cm³/mol. The fourth-order valence-electron chi connectivity index (χ4n) is 5.68. The van der Waals surface area contributed by atoms with Crippen molar-refractivity contribution in [2.45, 2.75) is 87.4 Å². The molecule has 8 atom stereocenters.